The second-order valence-corrected chi connectivity index (χ2v) is 7.32. The van der Waals surface area contributed by atoms with E-state index in [1.165, 1.54) is 0 Å². The maximum absolute atomic E-state index is 4.71. The van der Waals surface area contributed by atoms with Crippen LogP contribution in [0.25, 0.3) is 11.3 Å². The van der Waals surface area contributed by atoms with Crippen molar-refractivity contribution >= 4 is 22.4 Å². The summed E-state index contributed by atoms with van der Waals surface area (Å²) in [6.07, 6.45) is 1.81. The lowest BCUT2D eigenvalue weighted by Crippen LogP contribution is -2.36. The van der Waals surface area contributed by atoms with Crippen LogP contribution in [0, 0.1) is 0 Å². The van der Waals surface area contributed by atoms with Gasteiger partial charge in [-0.25, -0.2) is 9.98 Å². The molecular formula is C21H26N6S. The first-order valence-corrected chi connectivity index (χ1v) is 10.2. The number of anilines is 1. The summed E-state index contributed by atoms with van der Waals surface area (Å²) in [5.74, 6) is 0.783. The molecule has 0 atom stereocenters. The van der Waals surface area contributed by atoms with Crippen molar-refractivity contribution in [2.45, 2.75) is 20.0 Å². The first-order valence-electron chi connectivity index (χ1n) is 9.30. The van der Waals surface area contributed by atoms with Crippen LogP contribution in [0.4, 0.5) is 5.13 Å². The molecule has 0 spiro atoms. The van der Waals surface area contributed by atoms with Crippen LogP contribution < -0.4 is 15.5 Å². The van der Waals surface area contributed by atoms with Crippen LogP contribution >= 0.6 is 11.3 Å². The molecule has 6 nitrogen and oxygen atoms in total. The molecule has 0 radical (unpaired) electrons. The van der Waals surface area contributed by atoms with E-state index < -0.39 is 0 Å². The van der Waals surface area contributed by atoms with E-state index in [9.17, 15) is 0 Å². The number of guanidine groups is 1. The number of aromatic nitrogens is 2. The summed E-state index contributed by atoms with van der Waals surface area (Å²) in [7, 11) is 4.00. The molecule has 7 heteroatoms. The van der Waals surface area contributed by atoms with Crippen molar-refractivity contribution in [3.8, 4) is 11.3 Å². The average Bonchev–Trinajstić information content (AvgIpc) is 3.20. The van der Waals surface area contributed by atoms with E-state index in [1.54, 1.807) is 11.3 Å². The summed E-state index contributed by atoms with van der Waals surface area (Å²) < 4.78 is 0. The molecule has 0 aliphatic rings. The Bertz CT molecular complexity index is 904. The zero-order valence-corrected chi connectivity index (χ0v) is 17.3. The highest BCUT2D eigenvalue weighted by Crippen LogP contribution is 2.19. The molecule has 2 aromatic heterocycles. The maximum Gasteiger partial charge on any atom is 0.191 e. The minimum Gasteiger partial charge on any atom is -0.357 e. The molecular weight excluding hydrogens is 368 g/mol. The molecule has 2 N–H and O–H groups in total. The van der Waals surface area contributed by atoms with Crippen LogP contribution in [0.5, 0.6) is 0 Å². The van der Waals surface area contributed by atoms with Crippen molar-refractivity contribution in [2.24, 2.45) is 4.99 Å². The number of thiazole rings is 1. The van der Waals surface area contributed by atoms with Gasteiger partial charge in [0.05, 0.1) is 24.5 Å². The Labute approximate surface area is 170 Å². The fourth-order valence-corrected chi connectivity index (χ4v) is 3.39. The number of nitrogens with one attached hydrogen (secondary N) is 2. The van der Waals surface area contributed by atoms with Crippen molar-refractivity contribution in [1.29, 1.82) is 0 Å². The van der Waals surface area contributed by atoms with E-state index in [0.717, 1.165) is 40.2 Å². The van der Waals surface area contributed by atoms with E-state index in [4.69, 9.17) is 4.99 Å². The number of hydrogen-bond acceptors (Lipinski definition) is 5. The zero-order chi connectivity index (χ0) is 19.8. The van der Waals surface area contributed by atoms with Gasteiger partial charge in [-0.2, -0.15) is 0 Å². The molecule has 0 amide bonds. The quantitative estimate of drug-likeness (QED) is 0.474. The Kier molecular flexibility index (Phi) is 6.97. The molecule has 0 bridgehead atoms. The van der Waals surface area contributed by atoms with Crippen LogP contribution in [0.2, 0.25) is 0 Å². The Morgan fingerprint density at radius 1 is 1.14 bits per heavy atom. The van der Waals surface area contributed by atoms with E-state index in [1.807, 2.05) is 49.5 Å². The molecule has 146 valence electrons. The van der Waals surface area contributed by atoms with Gasteiger partial charge in [0.1, 0.15) is 0 Å². The van der Waals surface area contributed by atoms with Crippen molar-refractivity contribution in [3.63, 3.8) is 0 Å². The molecule has 3 rings (SSSR count). The summed E-state index contributed by atoms with van der Waals surface area (Å²) >= 11 is 1.64. The lowest BCUT2D eigenvalue weighted by Gasteiger charge is -2.11. The number of hydrogen-bond donors (Lipinski definition) is 2. The molecule has 0 aliphatic carbocycles. The Balaban J connectivity index is 1.65. The topological polar surface area (TPSA) is 65.4 Å². The largest absolute Gasteiger partial charge is 0.357 e. The lowest BCUT2D eigenvalue weighted by molar-refractivity contribution is 0.803. The molecule has 3 aromatic rings. The third-order valence-electron chi connectivity index (χ3n) is 4.01. The molecule has 0 saturated carbocycles. The van der Waals surface area contributed by atoms with Crippen LogP contribution in [0.1, 0.15) is 18.2 Å². The fraction of sp³-hybridized carbons (Fsp3) is 0.286. The van der Waals surface area contributed by atoms with Crippen LogP contribution in [0.3, 0.4) is 0 Å². The van der Waals surface area contributed by atoms with E-state index in [2.05, 4.69) is 51.1 Å². The smallest absolute Gasteiger partial charge is 0.191 e. The summed E-state index contributed by atoms with van der Waals surface area (Å²) in [5, 5.41) is 9.73. The van der Waals surface area contributed by atoms with Gasteiger partial charge >= 0.3 is 0 Å². The fourth-order valence-electron chi connectivity index (χ4n) is 2.63. The molecule has 2 heterocycles. The first kappa shape index (κ1) is 19.8. The highest BCUT2D eigenvalue weighted by molar-refractivity contribution is 7.13. The highest BCUT2D eigenvalue weighted by Gasteiger charge is 2.05. The van der Waals surface area contributed by atoms with Crippen LogP contribution in [0.15, 0.2) is 59.0 Å². The van der Waals surface area contributed by atoms with Gasteiger partial charge in [-0.1, -0.05) is 24.3 Å². The predicted octanol–water partition coefficient (Wildman–Crippen LogP) is 3.53. The van der Waals surface area contributed by atoms with Gasteiger partial charge in [0.25, 0.3) is 0 Å². The summed E-state index contributed by atoms with van der Waals surface area (Å²) in [4.78, 5) is 15.8. The summed E-state index contributed by atoms with van der Waals surface area (Å²) in [6.45, 7) is 4.10. The Morgan fingerprint density at radius 2 is 2.04 bits per heavy atom. The molecule has 1 aromatic carbocycles. The molecule has 0 saturated heterocycles. The van der Waals surface area contributed by atoms with E-state index in [-0.39, 0.29) is 0 Å². The average molecular weight is 395 g/mol. The van der Waals surface area contributed by atoms with Gasteiger partial charge in [0, 0.05) is 37.8 Å². The van der Waals surface area contributed by atoms with Crippen molar-refractivity contribution in [2.75, 3.05) is 25.5 Å². The molecule has 0 unspecified atom stereocenters. The van der Waals surface area contributed by atoms with Crippen molar-refractivity contribution in [3.05, 3.63) is 65.3 Å². The predicted molar refractivity (Wildman–Crippen MR) is 118 cm³/mol. The molecule has 0 fully saturated rings. The normalized spacial score (nSPS) is 11.3. The monoisotopic (exact) mass is 394 g/mol. The number of aliphatic imine (C=N–C) groups is 1. The maximum atomic E-state index is 4.71. The summed E-state index contributed by atoms with van der Waals surface area (Å²) in [6, 6.07) is 14.3. The van der Waals surface area contributed by atoms with Gasteiger partial charge in [0.15, 0.2) is 11.1 Å². The van der Waals surface area contributed by atoms with Crippen molar-refractivity contribution < 1.29 is 0 Å². The second kappa shape index (κ2) is 9.85. The molecule has 0 aliphatic heterocycles. The van der Waals surface area contributed by atoms with Crippen LogP contribution in [-0.2, 0) is 13.1 Å². The zero-order valence-electron chi connectivity index (χ0n) is 16.5. The van der Waals surface area contributed by atoms with Gasteiger partial charge in [-0.15, -0.1) is 11.3 Å². The van der Waals surface area contributed by atoms with Gasteiger partial charge < -0.3 is 15.5 Å². The van der Waals surface area contributed by atoms with Gasteiger partial charge in [-0.05, 0) is 30.7 Å². The first-order chi connectivity index (χ1) is 13.7. The van der Waals surface area contributed by atoms with E-state index >= 15 is 0 Å². The summed E-state index contributed by atoms with van der Waals surface area (Å²) in [5.41, 5.74) is 4.23. The van der Waals surface area contributed by atoms with Gasteiger partial charge in [0.2, 0.25) is 0 Å². The van der Waals surface area contributed by atoms with Gasteiger partial charge in [-0.3, -0.25) is 4.98 Å². The Hall–Kier alpha value is -2.93. The number of benzene rings is 1. The van der Waals surface area contributed by atoms with Crippen LogP contribution in [-0.4, -0.2) is 36.6 Å². The molecule has 28 heavy (non-hydrogen) atoms. The third-order valence-corrected chi connectivity index (χ3v) is 5.07. The third kappa shape index (κ3) is 5.53. The van der Waals surface area contributed by atoms with E-state index in [0.29, 0.717) is 13.1 Å². The minimum atomic E-state index is 0.593. The minimum absolute atomic E-state index is 0.593. The van der Waals surface area contributed by atoms with Crippen molar-refractivity contribution in [1.82, 2.24) is 20.6 Å². The number of nitrogens with zero attached hydrogens (tertiary/aromatic N) is 4. The SMILES string of the molecule is CCNC(=NCc1cccc(-c2ccccn2)c1)NCc1csc(N(C)C)n1. The second-order valence-electron chi connectivity index (χ2n) is 6.48. The number of pyridine rings is 1. The number of rotatable bonds is 7. The lowest BCUT2D eigenvalue weighted by atomic mass is 10.1. The highest BCUT2D eigenvalue weighted by atomic mass is 32.1. The standard InChI is InChI=1S/C21H26N6S/c1-4-22-20(25-14-18-15-28-21(26-18)27(2)3)24-13-16-8-7-9-17(12-16)19-10-5-6-11-23-19/h5-12,15H,4,13-14H2,1-3H3,(H2,22,24,25). The Morgan fingerprint density at radius 3 is 2.75 bits per heavy atom.